The quantitative estimate of drug-likeness (QED) is 0.826. The summed E-state index contributed by atoms with van der Waals surface area (Å²) in [6, 6.07) is 5.13. The van der Waals surface area contributed by atoms with Crippen molar-refractivity contribution in [1.82, 2.24) is 9.80 Å². The smallest absolute Gasteiger partial charge is 0.321 e. The molecule has 3 amide bonds. The van der Waals surface area contributed by atoms with Gasteiger partial charge in [-0.2, -0.15) is 0 Å². The summed E-state index contributed by atoms with van der Waals surface area (Å²) in [5, 5.41) is 12.8. The van der Waals surface area contributed by atoms with Gasteiger partial charge in [-0.25, -0.2) is 4.79 Å². The van der Waals surface area contributed by atoms with Crippen LogP contribution in [0.5, 0.6) is 0 Å². The summed E-state index contributed by atoms with van der Waals surface area (Å²) >= 11 is 6.16. The summed E-state index contributed by atoms with van der Waals surface area (Å²) in [4.78, 5) is 39.5. The zero-order chi connectivity index (χ0) is 19.1. The highest BCUT2D eigenvalue weighted by molar-refractivity contribution is 6.33. The van der Waals surface area contributed by atoms with Crippen LogP contribution < -0.4 is 5.32 Å². The molecule has 0 aliphatic carbocycles. The zero-order valence-corrected chi connectivity index (χ0v) is 15.5. The fourth-order valence-electron chi connectivity index (χ4n) is 4.06. The number of urea groups is 1. The maximum atomic E-state index is 12.6. The molecule has 1 aromatic carbocycles. The molecule has 2 aliphatic rings. The first-order valence-corrected chi connectivity index (χ1v) is 8.94. The number of likely N-dealkylation sites (tertiary alicyclic amines) is 2. The van der Waals surface area contributed by atoms with E-state index >= 15 is 0 Å². The number of hydrogen-bond acceptors (Lipinski definition) is 3. The third-order valence-electron chi connectivity index (χ3n) is 5.74. The molecule has 1 aromatic rings. The van der Waals surface area contributed by atoms with Crippen LogP contribution in [0.3, 0.4) is 0 Å². The first-order valence-electron chi connectivity index (χ1n) is 8.57. The number of benzene rings is 1. The van der Waals surface area contributed by atoms with Crippen molar-refractivity contribution in [3.8, 4) is 0 Å². The molecular weight excluding hydrogens is 358 g/mol. The largest absolute Gasteiger partial charge is 0.481 e. The minimum Gasteiger partial charge on any atom is -0.481 e. The fourth-order valence-corrected chi connectivity index (χ4v) is 4.33. The van der Waals surface area contributed by atoms with Gasteiger partial charge < -0.3 is 20.2 Å². The molecule has 2 fully saturated rings. The third kappa shape index (κ3) is 3.00. The van der Waals surface area contributed by atoms with Crippen LogP contribution in [-0.2, 0) is 9.59 Å². The summed E-state index contributed by atoms with van der Waals surface area (Å²) in [5.41, 5.74) is 0.738. The SMILES string of the molecule is Cc1cccc(Cl)c1NC(=O)N1CCC2(CC1)C(C(=O)O)CC(=O)N2C. The Bertz CT molecular complexity index is 739. The van der Waals surface area contributed by atoms with Crippen molar-refractivity contribution in [3.05, 3.63) is 28.8 Å². The second-order valence-corrected chi connectivity index (χ2v) is 7.41. The molecule has 3 rings (SSSR count). The number of nitrogens with zero attached hydrogens (tertiary/aromatic N) is 2. The lowest BCUT2D eigenvalue weighted by Crippen LogP contribution is -2.57. The number of amides is 3. The molecule has 140 valence electrons. The lowest BCUT2D eigenvalue weighted by Gasteiger charge is -2.45. The van der Waals surface area contributed by atoms with Crippen molar-refractivity contribution in [2.24, 2.45) is 5.92 Å². The maximum Gasteiger partial charge on any atom is 0.321 e. The number of para-hydroxylation sites is 1. The van der Waals surface area contributed by atoms with Gasteiger partial charge in [0.2, 0.25) is 5.91 Å². The number of carbonyl (C=O) groups is 3. The molecule has 7 nitrogen and oxygen atoms in total. The van der Waals surface area contributed by atoms with E-state index in [0.717, 1.165) is 5.56 Å². The molecule has 1 atom stereocenters. The normalized spacial score (nSPS) is 22.0. The number of aliphatic carboxylic acids is 1. The van der Waals surface area contributed by atoms with Crippen LogP contribution in [0.25, 0.3) is 0 Å². The number of aryl methyl sites for hydroxylation is 1. The van der Waals surface area contributed by atoms with Crippen molar-refractivity contribution in [2.75, 3.05) is 25.5 Å². The van der Waals surface area contributed by atoms with Crippen LogP contribution >= 0.6 is 11.6 Å². The van der Waals surface area contributed by atoms with Crippen molar-refractivity contribution >= 4 is 35.2 Å². The van der Waals surface area contributed by atoms with Gasteiger partial charge in [-0.05, 0) is 31.4 Å². The standard InChI is InChI=1S/C18H22ClN3O4/c1-11-4-3-5-13(19)15(11)20-17(26)22-8-6-18(7-9-22)12(16(24)25)10-14(23)21(18)2/h3-5,12H,6-10H2,1-2H3,(H,20,26)(H,24,25). The number of anilines is 1. The minimum atomic E-state index is -0.952. The van der Waals surface area contributed by atoms with E-state index in [1.165, 1.54) is 0 Å². The molecule has 8 heteroatoms. The van der Waals surface area contributed by atoms with Crippen LogP contribution in [-0.4, -0.2) is 58.5 Å². The second kappa shape index (κ2) is 6.79. The Kier molecular flexibility index (Phi) is 4.84. The van der Waals surface area contributed by atoms with E-state index in [1.807, 2.05) is 19.1 Å². The van der Waals surface area contributed by atoms with E-state index in [2.05, 4.69) is 5.32 Å². The van der Waals surface area contributed by atoms with E-state index in [9.17, 15) is 19.5 Å². The molecule has 0 saturated carbocycles. The Labute approximate surface area is 156 Å². The average molecular weight is 380 g/mol. The Hall–Kier alpha value is -2.28. The number of rotatable bonds is 2. The topological polar surface area (TPSA) is 90.0 Å². The molecule has 2 saturated heterocycles. The molecule has 2 N–H and O–H groups in total. The maximum absolute atomic E-state index is 12.6. The number of carboxylic acid groups (broad SMARTS) is 1. The van der Waals surface area contributed by atoms with E-state index in [0.29, 0.717) is 36.6 Å². The number of carboxylic acids is 1. The average Bonchev–Trinajstić information content (AvgIpc) is 2.84. The molecule has 0 aromatic heterocycles. The van der Waals surface area contributed by atoms with Crippen LogP contribution in [0, 0.1) is 12.8 Å². The summed E-state index contributed by atoms with van der Waals surface area (Å²) in [7, 11) is 1.66. The number of hydrogen-bond donors (Lipinski definition) is 2. The Morgan fingerprint density at radius 2 is 1.96 bits per heavy atom. The van der Waals surface area contributed by atoms with Crippen molar-refractivity contribution in [1.29, 1.82) is 0 Å². The highest BCUT2D eigenvalue weighted by Gasteiger charge is 2.55. The van der Waals surface area contributed by atoms with E-state index in [4.69, 9.17) is 11.6 Å². The van der Waals surface area contributed by atoms with Gasteiger partial charge in [0.25, 0.3) is 0 Å². The predicted octanol–water partition coefficient (Wildman–Crippen LogP) is 2.58. The monoisotopic (exact) mass is 379 g/mol. The summed E-state index contributed by atoms with van der Waals surface area (Å²) < 4.78 is 0. The van der Waals surface area contributed by atoms with Gasteiger partial charge in [-0.15, -0.1) is 0 Å². The first-order chi connectivity index (χ1) is 12.3. The molecule has 0 radical (unpaired) electrons. The highest BCUT2D eigenvalue weighted by atomic mass is 35.5. The van der Waals surface area contributed by atoms with E-state index in [1.54, 1.807) is 22.9 Å². The number of carbonyl (C=O) groups excluding carboxylic acids is 2. The second-order valence-electron chi connectivity index (χ2n) is 7.00. The third-order valence-corrected chi connectivity index (χ3v) is 6.05. The molecular formula is C18H22ClN3O4. The lowest BCUT2D eigenvalue weighted by molar-refractivity contribution is -0.145. The van der Waals surface area contributed by atoms with Gasteiger partial charge in [-0.3, -0.25) is 9.59 Å². The number of nitrogens with one attached hydrogen (secondary N) is 1. The van der Waals surface area contributed by atoms with Gasteiger partial charge in [0.15, 0.2) is 0 Å². The van der Waals surface area contributed by atoms with E-state index in [-0.39, 0.29) is 18.4 Å². The molecule has 2 aliphatic heterocycles. The summed E-state index contributed by atoms with van der Waals surface area (Å²) in [5.74, 6) is -1.83. The molecule has 26 heavy (non-hydrogen) atoms. The molecule has 1 unspecified atom stereocenters. The zero-order valence-electron chi connectivity index (χ0n) is 14.8. The van der Waals surface area contributed by atoms with Gasteiger partial charge in [-0.1, -0.05) is 23.7 Å². The molecule has 2 heterocycles. The molecule has 0 bridgehead atoms. The lowest BCUT2D eigenvalue weighted by atomic mass is 9.77. The van der Waals surface area contributed by atoms with Crippen LogP contribution in [0.2, 0.25) is 5.02 Å². The number of halogens is 1. The fraction of sp³-hybridized carbons (Fsp3) is 0.500. The molecule has 1 spiro atoms. The summed E-state index contributed by atoms with van der Waals surface area (Å²) in [6.07, 6.45) is 0.916. The Balaban J connectivity index is 1.71. The van der Waals surface area contributed by atoms with Crippen LogP contribution in [0.4, 0.5) is 10.5 Å². The Morgan fingerprint density at radius 3 is 2.54 bits per heavy atom. The van der Waals surface area contributed by atoms with Gasteiger partial charge in [0.1, 0.15) is 0 Å². The van der Waals surface area contributed by atoms with Crippen LogP contribution in [0.15, 0.2) is 18.2 Å². The highest BCUT2D eigenvalue weighted by Crippen LogP contribution is 2.43. The minimum absolute atomic E-state index is 0.0247. The Morgan fingerprint density at radius 1 is 1.31 bits per heavy atom. The van der Waals surface area contributed by atoms with Gasteiger partial charge >= 0.3 is 12.0 Å². The predicted molar refractivity (Wildman–Crippen MR) is 97.3 cm³/mol. The van der Waals surface area contributed by atoms with Gasteiger partial charge in [0, 0.05) is 26.6 Å². The number of piperidine rings is 1. The van der Waals surface area contributed by atoms with Gasteiger partial charge in [0.05, 0.1) is 22.2 Å². The van der Waals surface area contributed by atoms with Crippen molar-refractivity contribution < 1.29 is 19.5 Å². The van der Waals surface area contributed by atoms with Crippen molar-refractivity contribution in [3.63, 3.8) is 0 Å². The van der Waals surface area contributed by atoms with Crippen LogP contribution in [0.1, 0.15) is 24.8 Å². The first kappa shape index (κ1) is 18.5. The van der Waals surface area contributed by atoms with E-state index < -0.39 is 17.4 Å². The summed E-state index contributed by atoms with van der Waals surface area (Å²) in [6.45, 7) is 2.64. The van der Waals surface area contributed by atoms with Crippen molar-refractivity contribution in [2.45, 2.75) is 31.7 Å².